The number of nitrogens with two attached hydrogens (primary N) is 1. The molecule has 1 aliphatic heterocycles. The van der Waals surface area contributed by atoms with Crippen molar-refractivity contribution in [3.05, 3.63) is 69.2 Å². The molecule has 0 radical (unpaired) electrons. The Morgan fingerprint density at radius 3 is 2.42 bits per heavy atom. The molecule has 3 rings (SSSR count). The Morgan fingerprint density at radius 1 is 1.17 bits per heavy atom. The number of carbonyl (C=O) groups excluding carboxylic acids is 1. The number of aliphatic hydroxyl groups excluding tert-OH is 2. The molecule has 2 aromatic carbocycles. The highest BCUT2D eigenvalue weighted by Crippen LogP contribution is 2.49. The molecule has 198 valence electrons. The lowest BCUT2D eigenvalue weighted by atomic mass is 9.68. The molecule has 1 heterocycles. The maximum absolute atomic E-state index is 15.4. The number of halogens is 4. The van der Waals surface area contributed by atoms with Crippen LogP contribution in [0.1, 0.15) is 50.7 Å². The first-order chi connectivity index (χ1) is 16.8. The molecule has 0 spiro atoms. The average Bonchev–Trinajstić information content (AvgIpc) is 3.06. The number of hydrogen-bond donors (Lipinski definition) is 5. The van der Waals surface area contributed by atoms with Gasteiger partial charge in [0.05, 0.1) is 24.3 Å². The highest BCUT2D eigenvalue weighted by atomic mass is 35.5. The lowest BCUT2D eigenvalue weighted by molar-refractivity contribution is -0.123. The topological polar surface area (TPSA) is 108 Å². The molecule has 0 bridgehead atoms. The molecule has 0 saturated carbocycles. The minimum Gasteiger partial charge on any atom is -0.394 e. The van der Waals surface area contributed by atoms with Crippen molar-refractivity contribution in [3.8, 4) is 0 Å². The quantitative estimate of drug-likeness (QED) is 0.347. The van der Waals surface area contributed by atoms with Crippen molar-refractivity contribution < 1.29 is 23.8 Å². The molecule has 6 N–H and O–H groups in total. The minimum atomic E-state index is -1.56. The van der Waals surface area contributed by atoms with Crippen LogP contribution in [0.3, 0.4) is 0 Å². The van der Waals surface area contributed by atoms with Crippen molar-refractivity contribution in [2.45, 2.75) is 63.3 Å². The van der Waals surface area contributed by atoms with Gasteiger partial charge in [0.25, 0.3) is 0 Å². The maximum atomic E-state index is 15.4. The van der Waals surface area contributed by atoms with E-state index >= 15 is 8.78 Å². The van der Waals surface area contributed by atoms with E-state index in [-0.39, 0.29) is 39.6 Å². The molecular weight excluding hydrogens is 511 g/mol. The third kappa shape index (κ3) is 6.18. The largest absolute Gasteiger partial charge is 0.394 e. The van der Waals surface area contributed by atoms with E-state index in [2.05, 4.69) is 10.6 Å². The van der Waals surface area contributed by atoms with Gasteiger partial charge in [-0.25, -0.2) is 8.78 Å². The molecule has 0 unspecified atom stereocenters. The van der Waals surface area contributed by atoms with Crippen molar-refractivity contribution in [2.75, 3.05) is 13.2 Å². The van der Waals surface area contributed by atoms with Crippen LogP contribution < -0.4 is 16.4 Å². The fraction of sp³-hybridized carbons (Fsp3) is 0.500. The highest BCUT2D eigenvalue weighted by Gasteiger charge is 2.58. The van der Waals surface area contributed by atoms with E-state index in [4.69, 9.17) is 34.0 Å². The first-order valence-corrected chi connectivity index (χ1v) is 12.6. The van der Waals surface area contributed by atoms with Gasteiger partial charge < -0.3 is 26.6 Å². The first-order valence-electron chi connectivity index (χ1n) is 11.8. The summed E-state index contributed by atoms with van der Waals surface area (Å²) in [6.07, 6.45) is -0.429. The number of rotatable bonds is 8. The lowest BCUT2D eigenvalue weighted by Gasteiger charge is -2.40. The molecule has 1 amide bonds. The van der Waals surface area contributed by atoms with Gasteiger partial charge in [-0.2, -0.15) is 0 Å². The number of nitrogens with one attached hydrogen (secondary N) is 2. The van der Waals surface area contributed by atoms with Crippen LogP contribution in [0, 0.1) is 17.0 Å². The Hall–Kier alpha value is -1.81. The third-order valence-corrected chi connectivity index (χ3v) is 7.05. The van der Waals surface area contributed by atoms with E-state index in [9.17, 15) is 9.90 Å². The third-order valence-electron chi connectivity index (χ3n) is 6.58. The molecule has 2 aromatic rings. The predicted octanol–water partition coefficient (Wildman–Crippen LogP) is 3.85. The van der Waals surface area contributed by atoms with Gasteiger partial charge in [0, 0.05) is 34.1 Å². The van der Waals surface area contributed by atoms with Crippen LogP contribution in [0.4, 0.5) is 8.78 Å². The zero-order valence-electron chi connectivity index (χ0n) is 20.5. The molecule has 5 atom stereocenters. The molecule has 36 heavy (non-hydrogen) atoms. The minimum absolute atomic E-state index is 0.0697. The van der Waals surface area contributed by atoms with Gasteiger partial charge >= 0.3 is 0 Å². The zero-order valence-corrected chi connectivity index (χ0v) is 22.0. The average molecular weight is 544 g/mol. The second-order valence-electron chi connectivity index (χ2n) is 10.6. The number of hydrogen-bond acceptors (Lipinski definition) is 5. The Bertz CT molecular complexity index is 1100. The van der Waals surface area contributed by atoms with Crippen LogP contribution in [0.2, 0.25) is 10.0 Å². The number of amides is 1. The Kier molecular flexibility index (Phi) is 9.02. The summed E-state index contributed by atoms with van der Waals surface area (Å²) in [5.41, 5.74) is 5.45. The summed E-state index contributed by atoms with van der Waals surface area (Å²) in [5.74, 6) is -2.82. The van der Waals surface area contributed by atoms with E-state index < -0.39 is 53.8 Å². The molecule has 1 saturated heterocycles. The molecule has 10 heteroatoms. The van der Waals surface area contributed by atoms with Gasteiger partial charge in [0.2, 0.25) is 5.91 Å². The van der Waals surface area contributed by atoms with Crippen molar-refractivity contribution in [2.24, 2.45) is 11.1 Å². The monoisotopic (exact) mass is 543 g/mol. The molecular formula is C26H33Cl2F2N3O3. The normalized spacial score (nSPS) is 25.1. The summed E-state index contributed by atoms with van der Waals surface area (Å²) >= 11 is 12.2. The van der Waals surface area contributed by atoms with Crippen molar-refractivity contribution in [3.63, 3.8) is 0 Å². The van der Waals surface area contributed by atoms with Crippen LogP contribution in [0.25, 0.3) is 0 Å². The first kappa shape index (κ1) is 28.8. The fourth-order valence-corrected chi connectivity index (χ4v) is 5.30. The second-order valence-corrected chi connectivity index (χ2v) is 11.5. The van der Waals surface area contributed by atoms with E-state index in [0.29, 0.717) is 6.42 Å². The molecule has 6 nitrogen and oxygen atoms in total. The predicted molar refractivity (Wildman–Crippen MR) is 137 cm³/mol. The molecule has 0 aliphatic carbocycles. The van der Waals surface area contributed by atoms with Gasteiger partial charge in [-0.15, -0.1) is 0 Å². The lowest BCUT2D eigenvalue weighted by Crippen LogP contribution is -2.52. The van der Waals surface area contributed by atoms with E-state index in [1.54, 1.807) is 0 Å². The molecule has 1 aliphatic rings. The van der Waals surface area contributed by atoms with Gasteiger partial charge in [0.15, 0.2) is 0 Å². The summed E-state index contributed by atoms with van der Waals surface area (Å²) < 4.78 is 30.7. The van der Waals surface area contributed by atoms with Crippen molar-refractivity contribution in [1.29, 1.82) is 0 Å². The van der Waals surface area contributed by atoms with Gasteiger partial charge in [-0.3, -0.25) is 4.79 Å². The number of benzene rings is 2. The van der Waals surface area contributed by atoms with E-state index in [1.807, 2.05) is 20.8 Å². The molecule has 0 aromatic heterocycles. The number of aliphatic hydroxyl groups is 2. The van der Waals surface area contributed by atoms with Gasteiger partial charge in [-0.1, -0.05) is 50.0 Å². The van der Waals surface area contributed by atoms with Crippen LogP contribution >= 0.6 is 23.2 Å². The van der Waals surface area contributed by atoms with E-state index in [0.717, 1.165) is 6.07 Å². The Labute approximate surface area is 220 Å². The maximum Gasteiger partial charge on any atom is 0.237 e. The summed E-state index contributed by atoms with van der Waals surface area (Å²) in [6, 6.07) is 6.46. The highest BCUT2D eigenvalue weighted by molar-refractivity contribution is 6.30. The van der Waals surface area contributed by atoms with Crippen LogP contribution in [-0.4, -0.2) is 47.5 Å². The van der Waals surface area contributed by atoms with Crippen molar-refractivity contribution in [1.82, 2.24) is 10.6 Å². The summed E-state index contributed by atoms with van der Waals surface area (Å²) in [7, 11) is 0. The van der Waals surface area contributed by atoms with Crippen molar-refractivity contribution >= 4 is 29.1 Å². The zero-order chi connectivity index (χ0) is 26.8. The van der Waals surface area contributed by atoms with Crippen LogP contribution in [0.5, 0.6) is 0 Å². The number of carbonyl (C=O) groups is 1. The van der Waals surface area contributed by atoms with Gasteiger partial charge in [-0.05, 0) is 54.2 Å². The summed E-state index contributed by atoms with van der Waals surface area (Å²) in [6.45, 7) is 5.60. The Morgan fingerprint density at radius 2 is 1.81 bits per heavy atom. The SMILES string of the molecule is CC(C)(C)C[C@@H]1N[C@@H](C(=O)NCC[C@H](O)CO)[C@H](c2cc(Cl)ccc2F)[C@@]1(N)c1ccc(Cl)cc1F. The van der Waals surface area contributed by atoms with E-state index in [1.165, 1.54) is 30.3 Å². The smallest absolute Gasteiger partial charge is 0.237 e. The fourth-order valence-electron chi connectivity index (χ4n) is 4.96. The second kappa shape index (κ2) is 11.3. The molecule has 1 fully saturated rings. The summed E-state index contributed by atoms with van der Waals surface area (Å²) in [5, 5.41) is 25.1. The van der Waals surface area contributed by atoms with Gasteiger partial charge in [0.1, 0.15) is 11.6 Å². The standard InChI is InChI=1S/C26H33Cl2F2N3O3/c1-25(2,3)12-21-26(31,18-6-4-15(28)11-20(18)30)22(17-10-14(27)5-7-19(17)29)23(33-21)24(36)32-9-8-16(35)13-34/h4-7,10-11,16,21-23,33-35H,8-9,12-13,31H2,1-3H3,(H,32,36)/t16-,21-,22-,23+,26+/m0/s1. The van der Waals surface area contributed by atoms with Crippen LogP contribution in [-0.2, 0) is 10.3 Å². The Balaban J connectivity index is 2.17. The summed E-state index contributed by atoms with van der Waals surface area (Å²) in [4.78, 5) is 13.4. The van der Waals surface area contributed by atoms with Crippen LogP contribution in [0.15, 0.2) is 36.4 Å².